The number of unbranched alkanes of at least 4 members (excludes halogenated alkanes) is 8. The molecule has 1 heterocycles. The van der Waals surface area contributed by atoms with E-state index in [9.17, 15) is 29.4 Å². The molecule has 0 spiro atoms. The lowest BCUT2D eigenvalue weighted by Gasteiger charge is -2.24. The molecular formula is C59H81N3O12. The molecule has 74 heavy (non-hydrogen) atoms. The molecule has 1 aromatic heterocycles. The Morgan fingerprint density at radius 1 is 0.568 bits per heavy atom. The Morgan fingerprint density at radius 2 is 1.05 bits per heavy atom. The minimum Gasteiger partial charge on any atom is -0.493 e. The molecule has 15 nitrogen and oxygen atoms in total. The number of carboxylic acid groups (broad SMARTS) is 2. The molecule has 2 N–H and O–H groups in total. The van der Waals surface area contributed by atoms with Gasteiger partial charge in [-0.3, -0.25) is 9.59 Å². The van der Waals surface area contributed by atoms with Crippen LogP contribution in [0.5, 0.6) is 23.0 Å². The first-order chi connectivity index (χ1) is 35.8. The topological polar surface area (TPSA) is 176 Å². The Bertz CT molecular complexity index is 2440. The number of amides is 2. The standard InChI is InChI=1S/C30H40N2O5.C29H41NO7/c1-4-6-7-8-11-18-32(21-25-20-24-12-9-10-13-27(24)31(25)3)29(33)22-37-26-16-14-23(15-17-26)19-28(30(34)35)36-5-2;1-5-7-8-9-10-18-30(20-23-12-11-13-25(34-3)28(23)35-4)27(31)21-37-24-16-14-22(15-17-24)19-26(29(32)33)36-6-2/h9-10,12-17,20,28H,4-8,11,18-19,21-22H2,1-3H3,(H,34,35);11-17,26H,5-10,18-21H2,1-4H3,(H,32,33)/t28-;26-/m00/s1. The number of methoxy groups -OCH3 is 2. The van der Waals surface area contributed by atoms with Crippen molar-refractivity contribution in [2.75, 3.05) is 53.7 Å². The van der Waals surface area contributed by atoms with Crippen LogP contribution in [-0.4, -0.2) is 114 Å². The molecule has 0 saturated heterocycles. The summed E-state index contributed by atoms with van der Waals surface area (Å²) in [4.78, 5) is 52.8. The number of rotatable bonds is 34. The normalized spacial score (nSPS) is 11.8. The summed E-state index contributed by atoms with van der Waals surface area (Å²) in [5.74, 6) is 0.232. The van der Waals surface area contributed by atoms with Gasteiger partial charge in [0.1, 0.15) is 11.5 Å². The predicted molar refractivity (Wildman–Crippen MR) is 288 cm³/mol. The van der Waals surface area contributed by atoms with Crippen molar-refractivity contribution < 1.29 is 57.8 Å². The van der Waals surface area contributed by atoms with E-state index in [-0.39, 0.29) is 37.9 Å². The third-order valence-corrected chi connectivity index (χ3v) is 12.7. The summed E-state index contributed by atoms with van der Waals surface area (Å²) in [6, 6.07) is 30.3. The largest absolute Gasteiger partial charge is 0.493 e. The third-order valence-electron chi connectivity index (χ3n) is 12.7. The summed E-state index contributed by atoms with van der Waals surface area (Å²) in [5, 5.41) is 19.7. The number of benzene rings is 4. The highest BCUT2D eigenvalue weighted by Crippen LogP contribution is 2.32. The van der Waals surface area contributed by atoms with E-state index in [1.54, 1.807) is 69.4 Å². The number of nitrogens with zero attached hydrogens (tertiary/aromatic N) is 3. The van der Waals surface area contributed by atoms with Gasteiger partial charge in [-0.25, -0.2) is 9.59 Å². The number of ether oxygens (including phenoxy) is 6. The maximum Gasteiger partial charge on any atom is 0.333 e. The molecule has 0 saturated carbocycles. The summed E-state index contributed by atoms with van der Waals surface area (Å²) in [6.07, 6.45) is 9.91. The number of carbonyl (C=O) groups is 4. The van der Waals surface area contributed by atoms with Gasteiger partial charge < -0.3 is 53.0 Å². The molecule has 0 aliphatic heterocycles. The van der Waals surface area contributed by atoms with Crippen molar-refractivity contribution in [2.45, 2.75) is 130 Å². The second-order valence-corrected chi connectivity index (χ2v) is 18.2. The first-order valence-electron chi connectivity index (χ1n) is 26.3. The van der Waals surface area contributed by atoms with Crippen molar-refractivity contribution in [3.05, 3.63) is 119 Å². The minimum absolute atomic E-state index is 0.0467. The molecule has 0 radical (unpaired) electrons. The van der Waals surface area contributed by atoms with E-state index in [0.29, 0.717) is 62.4 Å². The molecule has 0 bridgehead atoms. The second-order valence-electron chi connectivity index (χ2n) is 18.2. The zero-order valence-corrected chi connectivity index (χ0v) is 44.9. The highest BCUT2D eigenvalue weighted by atomic mass is 16.5. The summed E-state index contributed by atoms with van der Waals surface area (Å²) < 4.78 is 35.3. The van der Waals surface area contributed by atoms with Crippen LogP contribution in [0.2, 0.25) is 0 Å². The molecule has 0 aliphatic carbocycles. The molecule has 5 rings (SSSR count). The fourth-order valence-corrected chi connectivity index (χ4v) is 8.56. The van der Waals surface area contributed by atoms with E-state index in [0.717, 1.165) is 60.0 Å². The molecule has 15 heteroatoms. The fraction of sp³-hybridized carbons (Fsp3) is 0.492. The van der Waals surface area contributed by atoms with Crippen molar-refractivity contribution >= 4 is 34.7 Å². The van der Waals surface area contributed by atoms with Gasteiger partial charge in [-0.1, -0.05) is 120 Å². The molecule has 2 amide bonds. The number of aryl methyl sites for hydroxylation is 1. The van der Waals surface area contributed by atoms with Crippen LogP contribution in [0, 0.1) is 0 Å². The van der Waals surface area contributed by atoms with E-state index in [1.165, 1.54) is 37.5 Å². The van der Waals surface area contributed by atoms with Crippen molar-refractivity contribution in [3.8, 4) is 23.0 Å². The highest BCUT2D eigenvalue weighted by Gasteiger charge is 2.22. The van der Waals surface area contributed by atoms with E-state index in [1.807, 2.05) is 54.4 Å². The van der Waals surface area contributed by atoms with Gasteiger partial charge in [-0.15, -0.1) is 0 Å². The molecule has 0 fully saturated rings. The lowest BCUT2D eigenvalue weighted by atomic mass is 10.1. The Morgan fingerprint density at radius 3 is 1.50 bits per heavy atom. The van der Waals surface area contributed by atoms with E-state index < -0.39 is 24.1 Å². The first kappa shape index (κ1) is 60.0. The van der Waals surface area contributed by atoms with Gasteiger partial charge in [0.05, 0.1) is 20.8 Å². The van der Waals surface area contributed by atoms with E-state index in [2.05, 4.69) is 36.6 Å². The SMILES string of the molecule is CCCCCCCN(Cc1cc2ccccc2n1C)C(=O)COc1ccc(C[C@H](OCC)C(=O)O)cc1.CCCCCCCN(Cc1cccc(OC)c1OC)C(=O)COc1ccc(C[C@H](OCC)C(=O)O)cc1. The lowest BCUT2D eigenvalue weighted by Crippen LogP contribution is -2.35. The Hall–Kier alpha value is -6.58. The van der Waals surface area contributed by atoms with Crippen LogP contribution in [0.3, 0.4) is 0 Å². The van der Waals surface area contributed by atoms with Gasteiger partial charge >= 0.3 is 11.9 Å². The smallest absolute Gasteiger partial charge is 0.333 e. The summed E-state index contributed by atoms with van der Waals surface area (Å²) in [7, 11) is 5.23. The molecule has 5 aromatic rings. The Labute approximate surface area is 438 Å². The van der Waals surface area contributed by atoms with Crippen molar-refractivity contribution in [1.29, 1.82) is 0 Å². The molecule has 4 aromatic carbocycles. The zero-order valence-electron chi connectivity index (χ0n) is 44.9. The number of para-hydroxylation sites is 2. The van der Waals surface area contributed by atoms with Crippen LogP contribution in [0.25, 0.3) is 10.9 Å². The van der Waals surface area contributed by atoms with E-state index in [4.69, 9.17) is 28.4 Å². The monoisotopic (exact) mass is 1020 g/mol. The van der Waals surface area contributed by atoms with Crippen LogP contribution < -0.4 is 18.9 Å². The van der Waals surface area contributed by atoms with Crippen molar-refractivity contribution in [1.82, 2.24) is 14.4 Å². The molecule has 404 valence electrons. The number of hydrogen-bond acceptors (Lipinski definition) is 10. The fourth-order valence-electron chi connectivity index (χ4n) is 8.56. The van der Waals surface area contributed by atoms with Gasteiger partial charge in [-0.05, 0) is 85.7 Å². The predicted octanol–water partition coefficient (Wildman–Crippen LogP) is 10.7. The van der Waals surface area contributed by atoms with Gasteiger partial charge in [0.15, 0.2) is 36.9 Å². The maximum absolute atomic E-state index is 13.2. The second kappa shape index (κ2) is 33.3. The van der Waals surface area contributed by atoms with Gasteiger partial charge in [0.2, 0.25) is 0 Å². The number of carbonyl (C=O) groups excluding carboxylic acids is 2. The average Bonchev–Trinajstić information content (AvgIpc) is 3.72. The third kappa shape index (κ3) is 20.0. The Kier molecular flexibility index (Phi) is 27.0. The minimum atomic E-state index is -0.991. The quantitative estimate of drug-likeness (QED) is 0.0374. The van der Waals surface area contributed by atoms with Gasteiger partial charge in [0.25, 0.3) is 11.8 Å². The van der Waals surface area contributed by atoms with Crippen LogP contribution >= 0.6 is 0 Å². The molecule has 0 aliphatic rings. The lowest BCUT2D eigenvalue weighted by molar-refractivity contribution is -0.150. The van der Waals surface area contributed by atoms with Crippen LogP contribution in [0.4, 0.5) is 0 Å². The molecule has 0 unspecified atom stereocenters. The van der Waals surface area contributed by atoms with Gasteiger partial charge in [0, 0.05) is 69.5 Å². The van der Waals surface area contributed by atoms with Crippen molar-refractivity contribution in [3.63, 3.8) is 0 Å². The summed E-state index contributed by atoms with van der Waals surface area (Å²) >= 11 is 0. The molecule has 2 atom stereocenters. The maximum atomic E-state index is 13.2. The summed E-state index contributed by atoms with van der Waals surface area (Å²) in [5.41, 5.74) is 4.77. The van der Waals surface area contributed by atoms with Crippen LogP contribution in [-0.2, 0) is 61.6 Å². The average molecular weight is 1020 g/mol. The highest BCUT2D eigenvalue weighted by molar-refractivity contribution is 5.82. The zero-order chi connectivity index (χ0) is 53.7. The van der Waals surface area contributed by atoms with Crippen LogP contribution in [0.1, 0.15) is 114 Å². The van der Waals surface area contributed by atoms with Crippen molar-refractivity contribution in [2.24, 2.45) is 7.05 Å². The summed E-state index contributed by atoms with van der Waals surface area (Å²) in [6.45, 7) is 10.7. The van der Waals surface area contributed by atoms with E-state index >= 15 is 0 Å². The number of aromatic nitrogens is 1. The molecular weight excluding hydrogens is 943 g/mol. The Balaban J connectivity index is 0.000000320. The van der Waals surface area contributed by atoms with Crippen LogP contribution in [0.15, 0.2) is 97.1 Å². The number of fused-ring (bicyclic) bond motifs is 1. The number of carboxylic acids is 2. The first-order valence-corrected chi connectivity index (χ1v) is 26.3. The number of aliphatic carboxylic acids is 2. The number of hydrogen-bond donors (Lipinski definition) is 2. The van der Waals surface area contributed by atoms with Gasteiger partial charge in [-0.2, -0.15) is 0 Å².